The number of hydrogen-bond acceptors (Lipinski definition) is 10. The quantitative estimate of drug-likeness (QED) is 0.258. The maximum absolute atomic E-state index is 5.97. The molecule has 2 aromatic carbocycles. The van der Waals surface area contributed by atoms with E-state index in [1.54, 1.807) is 18.3 Å². The van der Waals surface area contributed by atoms with Crippen molar-refractivity contribution in [2.24, 2.45) is 5.10 Å². The minimum atomic E-state index is 0.468. The molecule has 36 heavy (non-hydrogen) atoms. The van der Waals surface area contributed by atoms with Gasteiger partial charge in [0.2, 0.25) is 0 Å². The van der Waals surface area contributed by atoms with E-state index in [1.165, 1.54) is 12.7 Å². The van der Waals surface area contributed by atoms with Crippen LogP contribution in [-0.4, -0.2) is 70.5 Å². The van der Waals surface area contributed by atoms with E-state index in [0.717, 1.165) is 49.8 Å². The monoisotopic (exact) mass is 504 g/mol. The summed E-state index contributed by atoms with van der Waals surface area (Å²) in [5.41, 5.74) is 5.77. The molecule has 1 saturated heterocycles. The summed E-state index contributed by atoms with van der Waals surface area (Å²) >= 11 is 5.93. The van der Waals surface area contributed by atoms with E-state index in [9.17, 15) is 0 Å². The number of rotatable bonds is 9. The maximum Gasteiger partial charge on any atom is 0.176 e. The smallest absolute Gasteiger partial charge is 0.176 e. The Balaban J connectivity index is 1.26. The van der Waals surface area contributed by atoms with Gasteiger partial charge in [0.15, 0.2) is 11.6 Å². The van der Waals surface area contributed by atoms with Gasteiger partial charge in [-0.25, -0.2) is 19.9 Å². The summed E-state index contributed by atoms with van der Waals surface area (Å²) in [4.78, 5) is 19.7. The normalized spacial score (nSPS) is 14.2. The molecule has 5 rings (SSSR count). The van der Waals surface area contributed by atoms with Crippen LogP contribution in [0.1, 0.15) is 5.56 Å². The van der Waals surface area contributed by atoms with Gasteiger partial charge in [-0.2, -0.15) is 5.10 Å². The van der Waals surface area contributed by atoms with Gasteiger partial charge in [-0.05, 0) is 29.8 Å². The lowest BCUT2D eigenvalue weighted by Gasteiger charge is -2.26. The molecule has 0 radical (unpaired) electrons. The van der Waals surface area contributed by atoms with Crippen molar-refractivity contribution in [3.63, 3.8) is 0 Å². The number of hydrogen-bond donors (Lipinski definition) is 2. The number of hydrazone groups is 1. The summed E-state index contributed by atoms with van der Waals surface area (Å²) in [7, 11) is 0. The van der Waals surface area contributed by atoms with Crippen molar-refractivity contribution < 1.29 is 9.47 Å². The third-order valence-electron chi connectivity index (χ3n) is 5.55. The van der Waals surface area contributed by atoms with Crippen LogP contribution in [0.4, 0.5) is 17.3 Å². The summed E-state index contributed by atoms with van der Waals surface area (Å²) in [5, 5.41) is 8.25. The number of halogens is 1. The van der Waals surface area contributed by atoms with Crippen molar-refractivity contribution in [2.45, 2.75) is 0 Å². The molecule has 0 unspecified atom stereocenters. The highest BCUT2D eigenvalue weighted by Gasteiger charge is 2.12. The molecule has 2 aromatic heterocycles. The zero-order valence-electron chi connectivity index (χ0n) is 19.5. The van der Waals surface area contributed by atoms with Gasteiger partial charge in [0.1, 0.15) is 36.0 Å². The Morgan fingerprint density at radius 2 is 1.72 bits per heavy atom. The fourth-order valence-corrected chi connectivity index (χ4v) is 3.81. The molecular formula is C25H25ClN8O2. The number of morpholine rings is 1. The molecule has 2 N–H and O–H groups in total. The zero-order valence-corrected chi connectivity index (χ0v) is 20.2. The van der Waals surface area contributed by atoms with Crippen LogP contribution >= 0.6 is 11.6 Å². The second-order valence-electron chi connectivity index (χ2n) is 8.02. The number of aromatic nitrogens is 4. The van der Waals surface area contributed by atoms with Gasteiger partial charge in [0.25, 0.3) is 0 Å². The SMILES string of the molecule is Clc1ccc(/C=N/Nc2ncnc3c(Nc4cccc(OCCN5CCOCC5)c4)ncnc23)cc1. The van der Waals surface area contributed by atoms with Crippen LogP contribution in [0.3, 0.4) is 0 Å². The van der Waals surface area contributed by atoms with Gasteiger partial charge in [-0.3, -0.25) is 10.3 Å². The van der Waals surface area contributed by atoms with Gasteiger partial charge in [-0.15, -0.1) is 0 Å². The Morgan fingerprint density at radius 3 is 2.53 bits per heavy atom. The number of nitrogens with zero attached hydrogens (tertiary/aromatic N) is 6. The van der Waals surface area contributed by atoms with E-state index in [1.807, 2.05) is 36.4 Å². The fraction of sp³-hybridized carbons (Fsp3) is 0.240. The predicted octanol–water partition coefficient (Wildman–Crippen LogP) is 3.97. The third kappa shape index (κ3) is 6.22. The van der Waals surface area contributed by atoms with Crippen LogP contribution < -0.4 is 15.5 Å². The number of ether oxygens (including phenoxy) is 2. The molecule has 0 spiro atoms. The first-order valence-electron chi connectivity index (χ1n) is 11.5. The molecule has 0 amide bonds. The third-order valence-corrected chi connectivity index (χ3v) is 5.80. The molecule has 1 aliphatic rings. The molecule has 0 aliphatic carbocycles. The second-order valence-corrected chi connectivity index (χ2v) is 8.46. The Labute approximate surface area is 213 Å². The molecule has 0 bridgehead atoms. The highest BCUT2D eigenvalue weighted by atomic mass is 35.5. The Bertz CT molecular complexity index is 1330. The molecule has 4 aromatic rings. The van der Waals surface area contributed by atoms with Gasteiger partial charge in [0, 0.05) is 36.4 Å². The number of benzene rings is 2. The van der Waals surface area contributed by atoms with Crippen molar-refractivity contribution in [3.8, 4) is 5.75 Å². The van der Waals surface area contributed by atoms with E-state index in [-0.39, 0.29) is 0 Å². The number of fused-ring (bicyclic) bond motifs is 1. The first-order chi connectivity index (χ1) is 17.7. The lowest BCUT2D eigenvalue weighted by Crippen LogP contribution is -2.38. The van der Waals surface area contributed by atoms with Crippen LogP contribution in [-0.2, 0) is 4.74 Å². The lowest BCUT2D eigenvalue weighted by molar-refractivity contribution is 0.0322. The van der Waals surface area contributed by atoms with Gasteiger partial charge >= 0.3 is 0 Å². The molecule has 184 valence electrons. The molecule has 0 atom stereocenters. The summed E-state index contributed by atoms with van der Waals surface area (Å²) in [6.07, 6.45) is 4.59. The van der Waals surface area contributed by atoms with Crippen LogP contribution in [0.15, 0.2) is 66.3 Å². The highest BCUT2D eigenvalue weighted by molar-refractivity contribution is 6.30. The van der Waals surface area contributed by atoms with Crippen LogP contribution in [0, 0.1) is 0 Å². The minimum Gasteiger partial charge on any atom is -0.492 e. The van der Waals surface area contributed by atoms with Crippen molar-refractivity contribution in [3.05, 3.63) is 71.8 Å². The molecule has 1 aliphatic heterocycles. The standard InChI is InChI=1S/C25H25ClN8O2/c26-19-6-4-18(5-7-19)15-31-33-25-23-22(27-17-30-25)24(29-16-28-23)32-20-2-1-3-21(14-20)36-13-10-34-8-11-35-12-9-34/h1-7,14-17H,8-13H2,(H,27,30,33)(H,28,29,32)/b31-15+. The molecule has 0 saturated carbocycles. The molecule has 1 fully saturated rings. The van der Waals surface area contributed by atoms with Gasteiger partial charge in [-0.1, -0.05) is 29.8 Å². The van der Waals surface area contributed by atoms with E-state index in [4.69, 9.17) is 21.1 Å². The van der Waals surface area contributed by atoms with E-state index < -0.39 is 0 Å². The minimum absolute atomic E-state index is 0.468. The summed E-state index contributed by atoms with van der Waals surface area (Å²) < 4.78 is 11.4. The molecular weight excluding hydrogens is 480 g/mol. The van der Waals surface area contributed by atoms with Crippen molar-refractivity contribution >= 4 is 46.2 Å². The summed E-state index contributed by atoms with van der Waals surface area (Å²) in [6, 6.07) is 15.1. The molecule has 10 nitrogen and oxygen atoms in total. The first-order valence-corrected chi connectivity index (χ1v) is 11.9. The van der Waals surface area contributed by atoms with E-state index >= 15 is 0 Å². The van der Waals surface area contributed by atoms with Gasteiger partial charge < -0.3 is 14.8 Å². The lowest BCUT2D eigenvalue weighted by atomic mass is 10.2. The Hall–Kier alpha value is -3.86. The van der Waals surface area contributed by atoms with E-state index in [0.29, 0.717) is 34.3 Å². The highest BCUT2D eigenvalue weighted by Crippen LogP contribution is 2.26. The van der Waals surface area contributed by atoms with Crippen molar-refractivity contribution in [1.82, 2.24) is 24.8 Å². The van der Waals surface area contributed by atoms with Crippen LogP contribution in [0.2, 0.25) is 5.02 Å². The molecule has 11 heteroatoms. The Kier molecular flexibility index (Phi) is 7.76. The topological polar surface area (TPSA) is 110 Å². The second kappa shape index (κ2) is 11.7. The summed E-state index contributed by atoms with van der Waals surface area (Å²) in [5.74, 6) is 1.80. The first kappa shape index (κ1) is 23.9. The number of nitrogens with one attached hydrogen (secondary N) is 2. The zero-order chi connectivity index (χ0) is 24.6. The Morgan fingerprint density at radius 1 is 0.972 bits per heavy atom. The molecule has 3 heterocycles. The van der Waals surface area contributed by atoms with Crippen LogP contribution in [0.25, 0.3) is 11.0 Å². The predicted molar refractivity (Wildman–Crippen MR) is 140 cm³/mol. The van der Waals surface area contributed by atoms with Crippen molar-refractivity contribution in [2.75, 3.05) is 50.2 Å². The van der Waals surface area contributed by atoms with Crippen molar-refractivity contribution in [1.29, 1.82) is 0 Å². The van der Waals surface area contributed by atoms with E-state index in [2.05, 4.69) is 40.7 Å². The largest absolute Gasteiger partial charge is 0.492 e. The average molecular weight is 505 g/mol. The summed E-state index contributed by atoms with van der Waals surface area (Å²) in [6.45, 7) is 4.92. The van der Waals surface area contributed by atoms with Gasteiger partial charge in [0.05, 0.1) is 19.4 Å². The maximum atomic E-state index is 5.97. The van der Waals surface area contributed by atoms with Crippen LogP contribution in [0.5, 0.6) is 5.75 Å². The fourth-order valence-electron chi connectivity index (χ4n) is 3.69. The number of anilines is 3. The average Bonchev–Trinajstić information content (AvgIpc) is 2.91.